The van der Waals surface area contributed by atoms with Crippen molar-refractivity contribution in [1.29, 1.82) is 0 Å². The van der Waals surface area contributed by atoms with Crippen molar-refractivity contribution in [2.24, 2.45) is 0 Å². The van der Waals surface area contributed by atoms with Crippen molar-refractivity contribution in [3.8, 4) is 11.6 Å². The third-order valence-corrected chi connectivity index (χ3v) is 3.08. The van der Waals surface area contributed by atoms with Gasteiger partial charge in [-0.1, -0.05) is 6.92 Å². The predicted octanol–water partition coefficient (Wildman–Crippen LogP) is 3.36. The molecule has 0 aromatic carbocycles. The van der Waals surface area contributed by atoms with Crippen LogP contribution in [0.25, 0.3) is 0 Å². The van der Waals surface area contributed by atoms with Gasteiger partial charge in [0.05, 0.1) is 6.20 Å². The van der Waals surface area contributed by atoms with Crippen LogP contribution in [0.1, 0.15) is 37.9 Å². The molecule has 1 aliphatic rings. The molecule has 0 radical (unpaired) electrons. The highest BCUT2D eigenvalue weighted by molar-refractivity contribution is 5.40. The zero-order valence-electron chi connectivity index (χ0n) is 11.5. The normalized spacial score (nSPS) is 14.1. The van der Waals surface area contributed by atoms with E-state index >= 15 is 0 Å². The number of hydrogen-bond donors (Lipinski definition) is 1. The number of pyridine rings is 1. The van der Waals surface area contributed by atoms with Crippen LogP contribution in [0, 0.1) is 0 Å². The molecule has 1 saturated carbocycles. The SMILES string of the molecule is CCCNc1cc(Oc2cccnc2)nc(C2CC2)n1. The Bertz CT molecular complexity index is 569. The third kappa shape index (κ3) is 3.23. The van der Waals surface area contributed by atoms with Crippen LogP contribution in [-0.4, -0.2) is 21.5 Å². The Balaban J connectivity index is 1.83. The summed E-state index contributed by atoms with van der Waals surface area (Å²) in [5, 5.41) is 3.30. The van der Waals surface area contributed by atoms with Gasteiger partial charge in [-0.3, -0.25) is 4.98 Å². The summed E-state index contributed by atoms with van der Waals surface area (Å²) in [4.78, 5) is 13.1. The van der Waals surface area contributed by atoms with Gasteiger partial charge >= 0.3 is 0 Å². The zero-order chi connectivity index (χ0) is 13.8. The lowest BCUT2D eigenvalue weighted by atomic mass is 10.3. The minimum absolute atomic E-state index is 0.495. The molecular weight excluding hydrogens is 252 g/mol. The maximum atomic E-state index is 5.76. The number of nitrogens with one attached hydrogen (secondary N) is 1. The highest BCUT2D eigenvalue weighted by Gasteiger charge is 2.27. The Morgan fingerprint density at radius 2 is 2.25 bits per heavy atom. The highest BCUT2D eigenvalue weighted by atomic mass is 16.5. The van der Waals surface area contributed by atoms with Crippen LogP contribution in [0.2, 0.25) is 0 Å². The van der Waals surface area contributed by atoms with Gasteiger partial charge in [0.1, 0.15) is 17.4 Å². The summed E-state index contributed by atoms with van der Waals surface area (Å²) >= 11 is 0. The molecule has 0 spiro atoms. The van der Waals surface area contributed by atoms with Crippen molar-refractivity contribution in [3.63, 3.8) is 0 Å². The Morgan fingerprint density at radius 3 is 2.95 bits per heavy atom. The van der Waals surface area contributed by atoms with Gasteiger partial charge in [-0.15, -0.1) is 0 Å². The van der Waals surface area contributed by atoms with E-state index in [-0.39, 0.29) is 0 Å². The largest absolute Gasteiger partial charge is 0.437 e. The molecule has 0 aliphatic heterocycles. The van der Waals surface area contributed by atoms with E-state index in [1.807, 2.05) is 18.2 Å². The van der Waals surface area contributed by atoms with Gasteiger partial charge in [0.2, 0.25) is 5.88 Å². The molecule has 104 valence electrons. The third-order valence-electron chi connectivity index (χ3n) is 3.08. The van der Waals surface area contributed by atoms with Gasteiger partial charge in [-0.25, -0.2) is 4.98 Å². The van der Waals surface area contributed by atoms with E-state index in [1.165, 1.54) is 12.8 Å². The van der Waals surface area contributed by atoms with Crippen LogP contribution in [-0.2, 0) is 0 Å². The molecule has 1 N–H and O–H groups in total. The second kappa shape index (κ2) is 5.86. The van der Waals surface area contributed by atoms with Gasteiger partial charge in [0.15, 0.2) is 0 Å². The topological polar surface area (TPSA) is 59.9 Å². The van der Waals surface area contributed by atoms with Gasteiger partial charge in [0, 0.05) is 24.7 Å². The molecule has 1 aliphatic carbocycles. The van der Waals surface area contributed by atoms with Crippen LogP contribution < -0.4 is 10.1 Å². The van der Waals surface area contributed by atoms with Crippen molar-refractivity contribution in [1.82, 2.24) is 15.0 Å². The number of hydrogen-bond acceptors (Lipinski definition) is 5. The van der Waals surface area contributed by atoms with Crippen LogP contribution in [0.15, 0.2) is 30.6 Å². The molecule has 0 bridgehead atoms. The van der Waals surface area contributed by atoms with E-state index in [0.29, 0.717) is 17.5 Å². The first kappa shape index (κ1) is 12.8. The van der Waals surface area contributed by atoms with Crippen LogP contribution in [0.3, 0.4) is 0 Å². The second-order valence-electron chi connectivity index (χ2n) is 4.94. The summed E-state index contributed by atoms with van der Waals surface area (Å²) in [5.74, 6) is 3.48. The van der Waals surface area contributed by atoms with Gasteiger partial charge in [-0.05, 0) is 31.4 Å². The van der Waals surface area contributed by atoms with E-state index in [4.69, 9.17) is 4.74 Å². The van der Waals surface area contributed by atoms with Gasteiger partial charge < -0.3 is 10.1 Å². The Kier molecular flexibility index (Phi) is 3.76. The van der Waals surface area contributed by atoms with Crippen LogP contribution in [0.4, 0.5) is 5.82 Å². The van der Waals surface area contributed by atoms with Crippen molar-refractivity contribution in [3.05, 3.63) is 36.4 Å². The number of ether oxygens (including phenoxy) is 1. The first-order valence-electron chi connectivity index (χ1n) is 7.06. The zero-order valence-corrected chi connectivity index (χ0v) is 11.5. The molecule has 0 saturated heterocycles. The average molecular weight is 270 g/mol. The molecule has 2 heterocycles. The number of nitrogens with zero attached hydrogens (tertiary/aromatic N) is 3. The lowest BCUT2D eigenvalue weighted by molar-refractivity contribution is 0.457. The van der Waals surface area contributed by atoms with E-state index in [1.54, 1.807) is 12.4 Å². The van der Waals surface area contributed by atoms with Gasteiger partial charge in [0.25, 0.3) is 0 Å². The van der Waals surface area contributed by atoms with Crippen molar-refractivity contribution in [2.75, 3.05) is 11.9 Å². The van der Waals surface area contributed by atoms with Crippen molar-refractivity contribution < 1.29 is 4.74 Å². The summed E-state index contributed by atoms with van der Waals surface area (Å²) in [6, 6.07) is 5.55. The first-order valence-corrected chi connectivity index (χ1v) is 7.06. The van der Waals surface area contributed by atoms with Crippen molar-refractivity contribution >= 4 is 5.82 Å². The fourth-order valence-corrected chi connectivity index (χ4v) is 1.89. The summed E-state index contributed by atoms with van der Waals surface area (Å²) in [6.07, 6.45) is 6.80. The molecular formula is C15H18N4O. The smallest absolute Gasteiger partial charge is 0.224 e. The minimum Gasteiger partial charge on any atom is -0.437 e. The molecule has 3 rings (SSSR count). The van der Waals surface area contributed by atoms with Crippen LogP contribution >= 0.6 is 0 Å². The number of anilines is 1. The molecule has 0 amide bonds. The lowest BCUT2D eigenvalue weighted by Crippen LogP contribution is -2.05. The quantitative estimate of drug-likeness (QED) is 0.872. The summed E-state index contributed by atoms with van der Waals surface area (Å²) in [7, 11) is 0. The maximum Gasteiger partial charge on any atom is 0.224 e. The first-order chi connectivity index (χ1) is 9.85. The molecule has 0 atom stereocenters. The number of rotatable bonds is 6. The molecule has 1 fully saturated rings. The lowest BCUT2D eigenvalue weighted by Gasteiger charge is -2.09. The molecule has 2 aromatic heterocycles. The molecule has 2 aromatic rings. The molecule has 20 heavy (non-hydrogen) atoms. The van der Waals surface area contributed by atoms with E-state index < -0.39 is 0 Å². The van der Waals surface area contributed by atoms with Crippen molar-refractivity contribution in [2.45, 2.75) is 32.1 Å². The maximum absolute atomic E-state index is 5.76. The predicted molar refractivity (Wildman–Crippen MR) is 77.1 cm³/mol. The summed E-state index contributed by atoms with van der Waals surface area (Å²) < 4.78 is 5.76. The van der Waals surface area contributed by atoms with Crippen LogP contribution in [0.5, 0.6) is 11.6 Å². The van der Waals surface area contributed by atoms with Gasteiger partial charge in [-0.2, -0.15) is 4.98 Å². The Morgan fingerprint density at radius 1 is 1.35 bits per heavy atom. The van der Waals surface area contributed by atoms with E-state index in [2.05, 4.69) is 27.2 Å². The van der Waals surface area contributed by atoms with E-state index in [0.717, 1.165) is 24.6 Å². The summed E-state index contributed by atoms with van der Waals surface area (Å²) in [6.45, 7) is 3.02. The standard InChI is InChI=1S/C15H18N4O/c1-2-7-17-13-9-14(19-15(18-13)11-5-6-11)20-12-4-3-8-16-10-12/h3-4,8-11H,2,5-7H2,1H3,(H,17,18,19). The fourth-order valence-electron chi connectivity index (χ4n) is 1.89. The van der Waals surface area contributed by atoms with E-state index in [9.17, 15) is 0 Å². The molecule has 5 nitrogen and oxygen atoms in total. The second-order valence-corrected chi connectivity index (χ2v) is 4.94. The fraction of sp³-hybridized carbons (Fsp3) is 0.400. The average Bonchev–Trinajstić information content (AvgIpc) is 3.31. The Labute approximate surface area is 118 Å². The minimum atomic E-state index is 0.495. The molecule has 0 unspecified atom stereocenters. The Hall–Kier alpha value is -2.17. The molecule has 5 heteroatoms. The summed E-state index contributed by atoms with van der Waals surface area (Å²) in [5.41, 5.74) is 0. The highest BCUT2D eigenvalue weighted by Crippen LogP contribution is 2.39. The number of aromatic nitrogens is 3. The monoisotopic (exact) mass is 270 g/mol.